The number of nitrogens with zero attached hydrogens (tertiary/aromatic N) is 2. The van der Waals surface area contributed by atoms with Crippen LogP contribution in [-0.2, 0) is 0 Å². The fourth-order valence-electron chi connectivity index (χ4n) is 1.62. The third-order valence-electron chi connectivity index (χ3n) is 2.28. The molecule has 0 saturated carbocycles. The van der Waals surface area contributed by atoms with E-state index in [1.807, 2.05) is 13.8 Å². The largest absolute Gasteiger partial charge is 0.155 e. The van der Waals surface area contributed by atoms with Gasteiger partial charge in [-0.1, -0.05) is 12.2 Å². The molecule has 2 nitrogen and oxygen atoms in total. The third-order valence-corrected chi connectivity index (χ3v) is 2.28. The second-order valence-electron chi connectivity index (χ2n) is 3.18. The highest BCUT2D eigenvalue weighted by molar-refractivity contribution is 5.39. The number of hydrogen-bond acceptors (Lipinski definition) is 2. The molecule has 1 aliphatic rings. The maximum absolute atomic E-state index is 4.09. The van der Waals surface area contributed by atoms with Gasteiger partial charge in [0.1, 0.15) is 0 Å². The highest BCUT2D eigenvalue weighted by atomic mass is 15.1. The van der Waals surface area contributed by atoms with E-state index in [1.54, 1.807) is 0 Å². The topological polar surface area (TPSA) is 25.8 Å². The van der Waals surface area contributed by atoms with Crippen molar-refractivity contribution in [1.29, 1.82) is 0 Å². The molecule has 1 heterocycles. The lowest BCUT2D eigenvalue weighted by Crippen LogP contribution is -2.34. The summed E-state index contributed by atoms with van der Waals surface area (Å²) in [5.41, 5.74) is 2.10. The number of rotatable bonds is 0. The number of aromatic nitrogens is 2. The molecule has 0 saturated heterocycles. The first-order valence-electron chi connectivity index (χ1n) is 4.29. The molecule has 2 rings (SSSR count). The lowest BCUT2D eigenvalue weighted by atomic mass is 10.1. The van der Waals surface area contributed by atoms with Crippen molar-refractivity contribution in [2.45, 2.75) is 26.7 Å². The second-order valence-corrected chi connectivity index (χ2v) is 3.18. The van der Waals surface area contributed by atoms with Crippen LogP contribution in [-0.4, -0.2) is 10.2 Å². The molecule has 0 aromatic carbocycles. The molecule has 1 aliphatic carbocycles. The molecular weight excluding hydrogens is 148 g/mol. The molecule has 12 heavy (non-hydrogen) atoms. The van der Waals surface area contributed by atoms with Gasteiger partial charge in [-0.15, -0.1) is 0 Å². The van der Waals surface area contributed by atoms with E-state index in [9.17, 15) is 0 Å². The zero-order valence-electron chi connectivity index (χ0n) is 7.46. The Morgan fingerprint density at radius 3 is 1.75 bits per heavy atom. The summed E-state index contributed by atoms with van der Waals surface area (Å²) < 4.78 is 0. The summed E-state index contributed by atoms with van der Waals surface area (Å²) in [6, 6.07) is 0. The first-order chi connectivity index (χ1) is 5.79. The third kappa shape index (κ3) is 1.04. The molecule has 1 aromatic rings. The predicted octanol–water partition coefficient (Wildman–Crippen LogP) is 0.448. The predicted molar refractivity (Wildman–Crippen MR) is 48.9 cm³/mol. The van der Waals surface area contributed by atoms with Crippen LogP contribution < -0.4 is 10.4 Å². The number of aryl methyl sites for hydroxylation is 2. The summed E-state index contributed by atoms with van der Waals surface area (Å²) in [4.78, 5) is 0. The van der Waals surface area contributed by atoms with Crippen LogP contribution in [0.1, 0.15) is 24.2 Å². The van der Waals surface area contributed by atoms with Crippen LogP contribution in [0.15, 0.2) is 0 Å². The quantitative estimate of drug-likeness (QED) is 0.550. The first kappa shape index (κ1) is 7.47. The van der Waals surface area contributed by atoms with E-state index in [0.717, 1.165) is 24.2 Å². The fourth-order valence-corrected chi connectivity index (χ4v) is 1.62. The van der Waals surface area contributed by atoms with Gasteiger partial charge in [-0.25, -0.2) is 0 Å². The van der Waals surface area contributed by atoms with Crippen molar-refractivity contribution in [2.24, 2.45) is 0 Å². The van der Waals surface area contributed by atoms with E-state index in [-0.39, 0.29) is 0 Å². The van der Waals surface area contributed by atoms with Crippen molar-refractivity contribution < 1.29 is 0 Å². The average Bonchev–Trinajstić information content (AvgIpc) is 2.12. The maximum atomic E-state index is 4.09. The minimum Gasteiger partial charge on any atom is -0.155 e. The molecule has 2 heteroatoms. The van der Waals surface area contributed by atoms with Crippen molar-refractivity contribution >= 4 is 12.2 Å². The molecule has 0 spiro atoms. The van der Waals surface area contributed by atoms with Crippen LogP contribution >= 0.6 is 0 Å². The molecule has 0 N–H and O–H groups in total. The zero-order valence-corrected chi connectivity index (χ0v) is 7.46. The Bertz CT molecular complexity index is 377. The van der Waals surface area contributed by atoms with Crippen molar-refractivity contribution in [3.63, 3.8) is 0 Å². The van der Waals surface area contributed by atoms with E-state index >= 15 is 0 Å². The normalized spacial score (nSPS) is 14.5. The first-order valence-corrected chi connectivity index (χ1v) is 4.29. The Morgan fingerprint density at radius 2 is 1.33 bits per heavy atom. The van der Waals surface area contributed by atoms with Crippen LogP contribution in [0.3, 0.4) is 0 Å². The Kier molecular flexibility index (Phi) is 1.68. The summed E-state index contributed by atoms with van der Waals surface area (Å²) in [6.45, 7) is 4.03. The van der Waals surface area contributed by atoms with Gasteiger partial charge >= 0.3 is 0 Å². The fraction of sp³-hybridized carbons (Fsp3) is 0.400. The molecule has 0 unspecified atom stereocenters. The van der Waals surface area contributed by atoms with Crippen LogP contribution in [0.2, 0.25) is 0 Å². The Hall–Kier alpha value is -1.18. The lowest BCUT2D eigenvalue weighted by Gasteiger charge is -2.03. The highest BCUT2D eigenvalue weighted by Crippen LogP contribution is 1.95. The smallest absolute Gasteiger partial charge is 0.0675 e. The second kappa shape index (κ2) is 2.70. The Morgan fingerprint density at radius 1 is 0.917 bits per heavy atom. The molecular formula is C10H12N2. The molecule has 62 valence electrons. The van der Waals surface area contributed by atoms with E-state index in [0.29, 0.717) is 0 Å². The summed E-state index contributed by atoms with van der Waals surface area (Å²) in [6.07, 6.45) is 6.79. The monoisotopic (exact) mass is 160 g/mol. The molecule has 0 bridgehead atoms. The number of fused-ring (bicyclic) bond motifs is 1. The summed E-state index contributed by atoms with van der Waals surface area (Å²) in [5, 5.41) is 10.8. The van der Waals surface area contributed by atoms with Gasteiger partial charge < -0.3 is 0 Å². The minimum absolute atomic E-state index is 1.05. The summed E-state index contributed by atoms with van der Waals surface area (Å²) in [5.74, 6) is 0. The lowest BCUT2D eigenvalue weighted by molar-refractivity contribution is 0.903. The molecule has 0 fully saturated rings. The van der Waals surface area contributed by atoms with Gasteiger partial charge in [-0.2, -0.15) is 10.2 Å². The molecule has 0 atom stereocenters. The van der Waals surface area contributed by atoms with Gasteiger partial charge in [0, 0.05) is 10.4 Å². The van der Waals surface area contributed by atoms with Gasteiger partial charge in [-0.05, 0) is 26.7 Å². The van der Waals surface area contributed by atoms with Gasteiger partial charge in [0.15, 0.2) is 0 Å². The minimum atomic E-state index is 1.05. The van der Waals surface area contributed by atoms with Gasteiger partial charge in [0.2, 0.25) is 0 Å². The van der Waals surface area contributed by atoms with Crippen LogP contribution in [0.25, 0.3) is 12.2 Å². The van der Waals surface area contributed by atoms with Crippen LogP contribution in [0, 0.1) is 13.8 Å². The van der Waals surface area contributed by atoms with Crippen LogP contribution in [0.4, 0.5) is 0 Å². The van der Waals surface area contributed by atoms with Crippen LogP contribution in [0.5, 0.6) is 0 Å². The molecule has 0 aliphatic heterocycles. The molecule has 1 aromatic heterocycles. The Balaban J connectivity index is 2.92. The van der Waals surface area contributed by atoms with E-state index in [4.69, 9.17) is 0 Å². The van der Waals surface area contributed by atoms with E-state index in [2.05, 4.69) is 22.3 Å². The van der Waals surface area contributed by atoms with E-state index in [1.165, 1.54) is 10.4 Å². The number of hydrogen-bond donors (Lipinski definition) is 0. The SMILES string of the molecule is Cc1nnc(C)c2c1=CCCC=2. The van der Waals surface area contributed by atoms with Gasteiger partial charge in [0.05, 0.1) is 11.4 Å². The summed E-state index contributed by atoms with van der Waals surface area (Å²) in [7, 11) is 0. The van der Waals surface area contributed by atoms with E-state index < -0.39 is 0 Å². The van der Waals surface area contributed by atoms with Crippen molar-refractivity contribution in [3.05, 3.63) is 21.8 Å². The van der Waals surface area contributed by atoms with Gasteiger partial charge in [-0.3, -0.25) is 0 Å². The van der Waals surface area contributed by atoms with Crippen molar-refractivity contribution in [3.8, 4) is 0 Å². The van der Waals surface area contributed by atoms with Crippen molar-refractivity contribution in [1.82, 2.24) is 10.2 Å². The van der Waals surface area contributed by atoms with Gasteiger partial charge in [0.25, 0.3) is 0 Å². The zero-order chi connectivity index (χ0) is 8.55. The highest BCUT2D eigenvalue weighted by Gasteiger charge is 2.00. The van der Waals surface area contributed by atoms with Crippen molar-refractivity contribution in [2.75, 3.05) is 0 Å². The average molecular weight is 160 g/mol. The summed E-state index contributed by atoms with van der Waals surface area (Å²) >= 11 is 0. The Labute approximate surface area is 71.6 Å². The molecule has 0 radical (unpaired) electrons. The standard InChI is InChI=1S/C10H12N2/c1-7-9-5-3-4-6-10(9)8(2)12-11-7/h5-6H,3-4H2,1-2H3. The molecule has 0 amide bonds. The maximum Gasteiger partial charge on any atom is 0.0675 e.